The average Bonchev–Trinajstić information content (AvgIpc) is 2.86. The highest BCUT2D eigenvalue weighted by Crippen LogP contribution is 2.34. The Balaban J connectivity index is 1.51. The van der Waals surface area contributed by atoms with Crippen LogP contribution in [0.25, 0.3) is 0 Å². The van der Waals surface area contributed by atoms with Crippen LogP contribution in [0.4, 0.5) is 14.7 Å². The number of hydrogen-bond donors (Lipinski definition) is 0. The van der Waals surface area contributed by atoms with Crippen molar-refractivity contribution in [2.45, 2.75) is 24.8 Å². The van der Waals surface area contributed by atoms with Crippen molar-refractivity contribution in [1.82, 2.24) is 19.2 Å². The molecular weight excluding hydrogens is 488 g/mol. The van der Waals surface area contributed by atoms with Gasteiger partial charge < -0.3 is 14.5 Å². The third-order valence-corrected chi connectivity index (χ3v) is 8.39. The molecule has 190 valence electrons. The van der Waals surface area contributed by atoms with Crippen molar-refractivity contribution >= 4 is 16.0 Å². The number of anilines is 1. The Labute approximate surface area is 209 Å². The molecule has 3 aromatic rings. The van der Waals surface area contributed by atoms with Crippen molar-refractivity contribution in [2.75, 3.05) is 44.7 Å². The first-order valence-corrected chi connectivity index (χ1v) is 13.2. The number of aryl methyl sites for hydroxylation is 1. The predicted molar refractivity (Wildman–Crippen MR) is 131 cm³/mol. The molecular formula is C25H27F2N5O3S. The van der Waals surface area contributed by atoms with Gasteiger partial charge >= 0.3 is 0 Å². The maximum absolute atomic E-state index is 13.9. The summed E-state index contributed by atoms with van der Waals surface area (Å²) >= 11 is 0. The number of hydrogen-bond acceptors (Lipinski definition) is 7. The minimum absolute atomic E-state index is 0.00751. The highest BCUT2D eigenvalue weighted by molar-refractivity contribution is 7.89. The molecule has 11 heteroatoms. The van der Waals surface area contributed by atoms with E-state index in [1.807, 2.05) is 18.9 Å². The Morgan fingerprint density at radius 2 is 1.64 bits per heavy atom. The number of nitrogens with zero attached hydrogens (tertiary/aromatic N) is 5. The SMILES string of the molecule is Cc1ccc(S(=O)(=O)N2CCc3nc(N4CCN(C)CC4)nc(Oc4ccc(F)c(F)c4)c3C2)cc1. The first-order valence-electron chi connectivity index (χ1n) is 11.7. The van der Waals surface area contributed by atoms with E-state index in [0.29, 0.717) is 23.6 Å². The summed E-state index contributed by atoms with van der Waals surface area (Å²) in [5.41, 5.74) is 2.16. The van der Waals surface area contributed by atoms with Crippen LogP contribution in [-0.4, -0.2) is 67.4 Å². The maximum Gasteiger partial charge on any atom is 0.243 e. The topological polar surface area (TPSA) is 78.9 Å². The molecule has 5 rings (SSSR count). The fourth-order valence-electron chi connectivity index (χ4n) is 4.30. The number of benzene rings is 2. The van der Waals surface area contributed by atoms with Crippen molar-refractivity contribution in [2.24, 2.45) is 0 Å². The number of ether oxygens (including phenoxy) is 1. The number of likely N-dealkylation sites (N-methyl/N-ethyl adjacent to an activating group) is 1. The molecule has 0 unspecified atom stereocenters. The summed E-state index contributed by atoms with van der Waals surface area (Å²) in [5, 5.41) is 0. The molecule has 0 aliphatic carbocycles. The second-order valence-corrected chi connectivity index (χ2v) is 11.1. The zero-order valence-electron chi connectivity index (χ0n) is 20.1. The monoisotopic (exact) mass is 515 g/mol. The normalized spacial score (nSPS) is 17.2. The molecule has 0 saturated carbocycles. The summed E-state index contributed by atoms with van der Waals surface area (Å²) in [6.07, 6.45) is 0.373. The zero-order valence-corrected chi connectivity index (χ0v) is 20.9. The van der Waals surface area contributed by atoms with Gasteiger partial charge in [-0.3, -0.25) is 0 Å². The Morgan fingerprint density at radius 1 is 0.917 bits per heavy atom. The number of fused-ring (bicyclic) bond motifs is 1. The number of rotatable bonds is 5. The van der Waals surface area contributed by atoms with Gasteiger partial charge in [0.25, 0.3) is 0 Å². The van der Waals surface area contributed by atoms with Crippen molar-refractivity contribution in [1.29, 1.82) is 0 Å². The van der Waals surface area contributed by atoms with Crippen LogP contribution in [0.3, 0.4) is 0 Å². The lowest BCUT2D eigenvalue weighted by Gasteiger charge is -2.34. The quantitative estimate of drug-likeness (QED) is 0.516. The smallest absolute Gasteiger partial charge is 0.243 e. The van der Waals surface area contributed by atoms with Gasteiger partial charge in [-0.05, 0) is 38.2 Å². The van der Waals surface area contributed by atoms with Crippen LogP contribution < -0.4 is 9.64 Å². The second-order valence-electron chi connectivity index (χ2n) is 9.12. The first-order chi connectivity index (χ1) is 17.2. The molecule has 0 atom stereocenters. The van der Waals surface area contributed by atoms with Gasteiger partial charge in [-0.15, -0.1) is 0 Å². The minimum atomic E-state index is -3.76. The standard InChI is InChI=1S/C25H27F2N5O3S/c1-17-3-6-19(7-4-17)36(33,34)32-10-9-23-20(16-32)24(35-18-5-8-21(26)22(27)15-18)29-25(28-23)31-13-11-30(2)12-14-31/h3-8,15H,9-14,16H2,1-2H3. The molecule has 36 heavy (non-hydrogen) atoms. The molecule has 2 aromatic carbocycles. The van der Waals surface area contributed by atoms with Gasteiger partial charge in [-0.1, -0.05) is 17.7 Å². The lowest BCUT2D eigenvalue weighted by atomic mass is 10.1. The highest BCUT2D eigenvalue weighted by atomic mass is 32.2. The Hall–Kier alpha value is -3.15. The molecule has 1 aromatic heterocycles. The fraction of sp³-hybridized carbons (Fsp3) is 0.360. The molecule has 3 heterocycles. The van der Waals surface area contributed by atoms with Gasteiger partial charge in [0, 0.05) is 51.8 Å². The lowest BCUT2D eigenvalue weighted by molar-refractivity contribution is 0.310. The second kappa shape index (κ2) is 9.72. The van der Waals surface area contributed by atoms with Crippen molar-refractivity contribution in [3.8, 4) is 11.6 Å². The Bertz CT molecular complexity index is 1380. The average molecular weight is 516 g/mol. The van der Waals surface area contributed by atoms with Gasteiger partial charge in [-0.2, -0.15) is 9.29 Å². The molecule has 0 radical (unpaired) electrons. The predicted octanol–water partition coefficient (Wildman–Crippen LogP) is 3.35. The fourth-order valence-corrected chi connectivity index (χ4v) is 5.70. The molecule has 0 spiro atoms. The van der Waals surface area contributed by atoms with Gasteiger partial charge in [0.1, 0.15) is 5.75 Å². The van der Waals surface area contributed by atoms with E-state index in [2.05, 4.69) is 9.88 Å². The summed E-state index contributed by atoms with van der Waals surface area (Å²) in [6.45, 7) is 5.32. The third kappa shape index (κ3) is 4.91. The molecule has 2 aliphatic rings. The third-order valence-electron chi connectivity index (χ3n) is 6.53. The van der Waals surface area contributed by atoms with Crippen LogP contribution in [0.5, 0.6) is 11.6 Å². The highest BCUT2D eigenvalue weighted by Gasteiger charge is 2.33. The van der Waals surface area contributed by atoms with Gasteiger partial charge in [-0.25, -0.2) is 22.2 Å². The minimum Gasteiger partial charge on any atom is -0.438 e. The Kier molecular flexibility index (Phi) is 6.62. The number of sulfonamides is 1. The van der Waals surface area contributed by atoms with Crippen molar-refractivity contribution in [3.05, 3.63) is 70.9 Å². The van der Waals surface area contributed by atoms with Crippen LogP contribution in [-0.2, 0) is 23.0 Å². The first kappa shape index (κ1) is 24.5. The summed E-state index contributed by atoms with van der Waals surface area (Å²) in [4.78, 5) is 13.8. The Morgan fingerprint density at radius 3 is 2.33 bits per heavy atom. The zero-order chi connectivity index (χ0) is 25.4. The van der Waals surface area contributed by atoms with E-state index in [0.717, 1.165) is 43.9 Å². The number of aromatic nitrogens is 2. The molecule has 0 bridgehead atoms. The van der Waals surface area contributed by atoms with Gasteiger partial charge in [0.15, 0.2) is 11.6 Å². The van der Waals surface area contributed by atoms with Crippen LogP contribution in [0.1, 0.15) is 16.8 Å². The summed E-state index contributed by atoms with van der Waals surface area (Å²) < 4.78 is 61.3. The van der Waals surface area contributed by atoms with Crippen molar-refractivity contribution < 1.29 is 21.9 Å². The molecule has 0 amide bonds. The van der Waals surface area contributed by atoms with Gasteiger partial charge in [0.2, 0.25) is 21.9 Å². The van der Waals surface area contributed by atoms with Crippen LogP contribution in [0, 0.1) is 18.6 Å². The van der Waals surface area contributed by atoms with E-state index < -0.39 is 21.7 Å². The van der Waals surface area contributed by atoms with Crippen LogP contribution in [0.15, 0.2) is 47.4 Å². The van der Waals surface area contributed by atoms with E-state index in [1.54, 1.807) is 24.3 Å². The van der Waals surface area contributed by atoms with E-state index in [1.165, 1.54) is 10.4 Å². The van der Waals surface area contributed by atoms with Gasteiger partial charge in [0.05, 0.1) is 16.2 Å². The molecule has 2 aliphatic heterocycles. The number of piperazine rings is 1. The van der Waals surface area contributed by atoms with E-state index in [4.69, 9.17) is 9.72 Å². The summed E-state index contributed by atoms with van der Waals surface area (Å²) in [6, 6.07) is 9.93. The van der Waals surface area contributed by atoms with Crippen molar-refractivity contribution in [3.63, 3.8) is 0 Å². The van der Waals surface area contributed by atoms with E-state index in [-0.39, 0.29) is 29.6 Å². The van der Waals surface area contributed by atoms with Crippen LogP contribution >= 0.6 is 0 Å². The molecule has 0 N–H and O–H groups in total. The molecule has 1 fully saturated rings. The summed E-state index contributed by atoms with van der Waals surface area (Å²) in [7, 11) is -1.72. The largest absolute Gasteiger partial charge is 0.438 e. The summed E-state index contributed by atoms with van der Waals surface area (Å²) in [5.74, 6) is -1.34. The lowest BCUT2D eigenvalue weighted by Crippen LogP contribution is -2.45. The van der Waals surface area contributed by atoms with E-state index >= 15 is 0 Å². The van der Waals surface area contributed by atoms with E-state index in [9.17, 15) is 17.2 Å². The van der Waals surface area contributed by atoms with Crippen LogP contribution in [0.2, 0.25) is 0 Å². The maximum atomic E-state index is 13.9. The molecule has 1 saturated heterocycles. The molecule has 8 nitrogen and oxygen atoms in total. The number of halogens is 2.